The van der Waals surface area contributed by atoms with Crippen LogP contribution in [0.25, 0.3) is 0 Å². The van der Waals surface area contributed by atoms with Crippen LogP contribution in [0, 0.1) is 17.8 Å². The molecule has 1 aliphatic heterocycles. The standard InChI is InChI=1S/C35H58N4O7/c1-10-23(4)32(38(7)31(42)21-36-29(40)19-22(2)3)28(45-8)20-30(41)39-18-14-17-27(39)34(46-9)24(5)35(44)37-25(6)33(43)26-15-12-11-13-16-26/h11-13,15-16,22-25,27-28,32-34,43H,10,14,17-21H2,1-9H3,(H,36,40)(H,37,44)/t23-,24+,25+,27-,28+,32-,33+,34+/m0/s1. The third-order valence-electron chi connectivity index (χ3n) is 9.32. The molecule has 0 spiro atoms. The summed E-state index contributed by atoms with van der Waals surface area (Å²) < 4.78 is 11.7. The molecule has 0 aliphatic carbocycles. The number of ether oxygens (including phenoxy) is 2. The second-order valence-electron chi connectivity index (χ2n) is 13.2. The molecule has 46 heavy (non-hydrogen) atoms. The van der Waals surface area contributed by atoms with E-state index in [0.29, 0.717) is 24.9 Å². The number of carbonyl (C=O) groups is 4. The van der Waals surface area contributed by atoms with Gasteiger partial charge in [0.1, 0.15) is 0 Å². The maximum atomic E-state index is 13.9. The molecule has 3 N–H and O–H groups in total. The largest absolute Gasteiger partial charge is 0.386 e. The molecule has 0 radical (unpaired) electrons. The highest BCUT2D eigenvalue weighted by molar-refractivity contribution is 5.85. The van der Waals surface area contributed by atoms with Gasteiger partial charge in [0.15, 0.2) is 0 Å². The molecule has 1 aromatic carbocycles. The van der Waals surface area contributed by atoms with Gasteiger partial charge in [-0.3, -0.25) is 19.2 Å². The number of methoxy groups -OCH3 is 2. The van der Waals surface area contributed by atoms with Gasteiger partial charge in [-0.25, -0.2) is 0 Å². The minimum Gasteiger partial charge on any atom is -0.386 e. The summed E-state index contributed by atoms with van der Waals surface area (Å²) in [6.45, 7) is 11.9. The van der Waals surface area contributed by atoms with Crippen LogP contribution >= 0.6 is 0 Å². The smallest absolute Gasteiger partial charge is 0.242 e. The van der Waals surface area contributed by atoms with E-state index >= 15 is 0 Å². The van der Waals surface area contributed by atoms with Crippen LogP contribution in [-0.4, -0.2) is 103 Å². The van der Waals surface area contributed by atoms with Crippen molar-refractivity contribution in [2.75, 3.05) is 34.4 Å². The van der Waals surface area contributed by atoms with Crippen molar-refractivity contribution in [3.05, 3.63) is 35.9 Å². The highest BCUT2D eigenvalue weighted by Crippen LogP contribution is 2.29. The number of hydrogen-bond acceptors (Lipinski definition) is 7. The SMILES string of the molecule is CC[C@H](C)[C@@H]([C@@H](CC(=O)N1CCC[C@H]1[C@H](OC)[C@@H](C)C(=O)N[C@H](C)[C@@H](O)c1ccccc1)OC)N(C)C(=O)CNC(=O)CC(C)C. The third kappa shape index (κ3) is 10.8. The highest BCUT2D eigenvalue weighted by Gasteiger charge is 2.42. The molecule has 1 aromatic rings. The number of aliphatic hydroxyl groups is 1. The number of nitrogens with one attached hydrogen (secondary N) is 2. The van der Waals surface area contributed by atoms with E-state index < -0.39 is 36.3 Å². The number of likely N-dealkylation sites (tertiary alicyclic amines) is 1. The number of amides is 4. The van der Waals surface area contributed by atoms with E-state index in [1.54, 1.807) is 44.9 Å². The van der Waals surface area contributed by atoms with Crippen molar-refractivity contribution in [1.82, 2.24) is 20.4 Å². The van der Waals surface area contributed by atoms with E-state index in [1.807, 2.05) is 58.0 Å². The fraction of sp³-hybridized carbons (Fsp3) is 0.714. The second kappa shape index (κ2) is 19.0. The maximum Gasteiger partial charge on any atom is 0.242 e. The Kier molecular flexibility index (Phi) is 16.1. The van der Waals surface area contributed by atoms with Crippen molar-refractivity contribution < 1.29 is 33.8 Å². The normalized spacial score (nSPS) is 19.5. The Morgan fingerprint density at radius 2 is 1.67 bits per heavy atom. The van der Waals surface area contributed by atoms with E-state index in [4.69, 9.17) is 9.47 Å². The second-order valence-corrected chi connectivity index (χ2v) is 13.2. The number of benzene rings is 1. The molecule has 0 aromatic heterocycles. The van der Waals surface area contributed by atoms with Crippen molar-refractivity contribution in [2.45, 2.75) is 110 Å². The van der Waals surface area contributed by atoms with E-state index in [-0.39, 0.29) is 54.5 Å². The molecular formula is C35H58N4O7. The van der Waals surface area contributed by atoms with Crippen molar-refractivity contribution in [2.24, 2.45) is 17.8 Å². The Morgan fingerprint density at radius 1 is 1.02 bits per heavy atom. The molecule has 2 rings (SSSR count). The van der Waals surface area contributed by atoms with Crippen LogP contribution in [0.4, 0.5) is 0 Å². The van der Waals surface area contributed by atoms with Gasteiger partial charge >= 0.3 is 0 Å². The summed E-state index contributed by atoms with van der Waals surface area (Å²) in [5.41, 5.74) is 0.713. The van der Waals surface area contributed by atoms with Gasteiger partial charge < -0.3 is 35.0 Å². The first-order chi connectivity index (χ1) is 21.8. The molecule has 11 nitrogen and oxygen atoms in total. The van der Waals surface area contributed by atoms with Crippen LogP contribution in [0.5, 0.6) is 0 Å². The monoisotopic (exact) mass is 646 g/mol. The Labute approximate surface area is 275 Å². The minimum absolute atomic E-state index is 0.0242. The van der Waals surface area contributed by atoms with Crippen molar-refractivity contribution in [3.63, 3.8) is 0 Å². The Bertz CT molecular complexity index is 1120. The molecule has 0 bridgehead atoms. The highest BCUT2D eigenvalue weighted by atomic mass is 16.5. The van der Waals surface area contributed by atoms with E-state index in [1.165, 1.54) is 0 Å². The van der Waals surface area contributed by atoms with Gasteiger partial charge in [-0.05, 0) is 37.2 Å². The van der Waals surface area contributed by atoms with Crippen LogP contribution in [0.1, 0.15) is 85.3 Å². The molecule has 0 unspecified atom stereocenters. The topological polar surface area (TPSA) is 138 Å². The molecule has 260 valence electrons. The summed E-state index contributed by atoms with van der Waals surface area (Å²) in [4.78, 5) is 55.9. The minimum atomic E-state index is -0.867. The van der Waals surface area contributed by atoms with Crippen LogP contribution in [-0.2, 0) is 28.7 Å². The number of rotatable bonds is 18. The average Bonchev–Trinajstić information content (AvgIpc) is 3.52. The summed E-state index contributed by atoms with van der Waals surface area (Å²) in [5, 5.41) is 16.4. The molecule has 1 fully saturated rings. The molecule has 1 aliphatic rings. The molecule has 4 amide bonds. The lowest BCUT2D eigenvalue weighted by Crippen LogP contribution is -2.54. The third-order valence-corrected chi connectivity index (χ3v) is 9.32. The summed E-state index contributed by atoms with van der Waals surface area (Å²) in [7, 11) is 4.79. The first-order valence-electron chi connectivity index (χ1n) is 16.7. The maximum absolute atomic E-state index is 13.9. The summed E-state index contributed by atoms with van der Waals surface area (Å²) >= 11 is 0. The zero-order valence-electron chi connectivity index (χ0n) is 29.3. The number of carbonyl (C=O) groups excluding carboxylic acids is 4. The van der Waals surface area contributed by atoms with Gasteiger partial charge in [-0.2, -0.15) is 0 Å². The molecular weight excluding hydrogens is 588 g/mol. The van der Waals surface area contributed by atoms with Crippen LogP contribution in [0.3, 0.4) is 0 Å². The van der Waals surface area contributed by atoms with Gasteiger partial charge in [0, 0.05) is 34.2 Å². The van der Waals surface area contributed by atoms with Gasteiger partial charge in [0.25, 0.3) is 0 Å². The van der Waals surface area contributed by atoms with Crippen LogP contribution < -0.4 is 10.6 Å². The van der Waals surface area contributed by atoms with Gasteiger partial charge in [0.05, 0.1) is 55.3 Å². The van der Waals surface area contributed by atoms with Crippen LogP contribution in [0.15, 0.2) is 30.3 Å². The van der Waals surface area contributed by atoms with Gasteiger partial charge in [-0.1, -0.05) is 71.4 Å². The number of nitrogens with zero attached hydrogens (tertiary/aromatic N) is 2. The molecule has 1 saturated heterocycles. The average molecular weight is 647 g/mol. The molecule has 8 atom stereocenters. The van der Waals surface area contributed by atoms with Crippen LogP contribution in [0.2, 0.25) is 0 Å². The lowest BCUT2D eigenvalue weighted by Gasteiger charge is -2.39. The number of aliphatic hydroxyl groups excluding tert-OH is 1. The van der Waals surface area contributed by atoms with Crippen molar-refractivity contribution >= 4 is 23.6 Å². The number of likely N-dealkylation sites (N-methyl/N-ethyl adjacent to an activating group) is 1. The van der Waals surface area contributed by atoms with Crippen molar-refractivity contribution in [3.8, 4) is 0 Å². The van der Waals surface area contributed by atoms with Gasteiger partial charge in [-0.15, -0.1) is 0 Å². The predicted molar refractivity (Wildman–Crippen MR) is 178 cm³/mol. The lowest BCUT2D eigenvalue weighted by atomic mass is 9.90. The Hall–Kier alpha value is -3.02. The molecule has 1 heterocycles. The molecule has 11 heteroatoms. The lowest BCUT2D eigenvalue weighted by molar-refractivity contribution is -0.146. The predicted octanol–water partition coefficient (Wildman–Crippen LogP) is 3.31. The van der Waals surface area contributed by atoms with E-state index in [0.717, 1.165) is 12.8 Å². The summed E-state index contributed by atoms with van der Waals surface area (Å²) in [6, 6.07) is 7.94. The zero-order chi connectivity index (χ0) is 34.6. The quantitative estimate of drug-likeness (QED) is 0.223. The molecule has 0 saturated carbocycles. The Balaban J connectivity index is 2.13. The van der Waals surface area contributed by atoms with Gasteiger partial charge in [0.2, 0.25) is 23.6 Å². The summed E-state index contributed by atoms with van der Waals surface area (Å²) in [5.74, 6) is -1.19. The fourth-order valence-electron chi connectivity index (χ4n) is 6.44. The first kappa shape index (κ1) is 39.2. The van der Waals surface area contributed by atoms with E-state index in [9.17, 15) is 24.3 Å². The number of hydrogen-bond donors (Lipinski definition) is 3. The Morgan fingerprint density at radius 3 is 2.24 bits per heavy atom. The van der Waals surface area contributed by atoms with Crippen molar-refractivity contribution in [1.29, 1.82) is 0 Å². The zero-order valence-corrected chi connectivity index (χ0v) is 29.3. The first-order valence-corrected chi connectivity index (χ1v) is 16.7. The fourth-order valence-corrected chi connectivity index (χ4v) is 6.44. The van der Waals surface area contributed by atoms with E-state index in [2.05, 4.69) is 10.6 Å². The summed E-state index contributed by atoms with van der Waals surface area (Å²) in [6.07, 6.45) is 0.612.